The molecule has 0 aliphatic rings. The Morgan fingerprint density at radius 3 is 2.50 bits per heavy atom. The van der Waals surface area contributed by atoms with E-state index < -0.39 is 17.1 Å². The fourth-order valence-electron chi connectivity index (χ4n) is 1.23. The van der Waals surface area contributed by atoms with Crippen LogP contribution in [-0.4, -0.2) is 43.2 Å². The number of rotatable bonds is 4. The van der Waals surface area contributed by atoms with Crippen molar-refractivity contribution in [3.63, 3.8) is 0 Å². The third kappa shape index (κ3) is 3.60. The van der Waals surface area contributed by atoms with Crippen molar-refractivity contribution in [1.82, 2.24) is 4.31 Å². The molecule has 0 radical (unpaired) electrons. The molecule has 1 aromatic carbocycles. The molecule has 88 valence electrons. The molecule has 0 saturated heterocycles. The lowest BCUT2D eigenvalue weighted by Crippen LogP contribution is -2.31. The van der Waals surface area contributed by atoms with Crippen LogP contribution in [0.1, 0.15) is 5.56 Å². The molecule has 0 aliphatic carbocycles. The molecule has 0 heterocycles. The highest BCUT2D eigenvalue weighted by atomic mass is 32.2. The van der Waals surface area contributed by atoms with Crippen LogP contribution in [0.2, 0.25) is 0 Å². The van der Waals surface area contributed by atoms with E-state index in [4.69, 9.17) is 10.0 Å². The standard InChI is InChI=1S/C9H14BNO4S/c1-11(16(2,14)15)7-8-4-3-5-9(6-8)10(12)13/h3-6,12-13H,7H2,1-2H3. The largest absolute Gasteiger partial charge is 0.488 e. The van der Waals surface area contributed by atoms with Gasteiger partial charge in [-0.2, -0.15) is 0 Å². The van der Waals surface area contributed by atoms with Gasteiger partial charge in [0.05, 0.1) is 6.26 Å². The molecule has 1 rings (SSSR count). The normalized spacial score (nSPS) is 11.8. The van der Waals surface area contributed by atoms with E-state index in [2.05, 4.69) is 0 Å². The summed E-state index contributed by atoms with van der Waals surface area (Å²) >= 11 is 0. The summed E-state index contributed by atoms with van der Waals surface area (Å²) in [6, 6.07) is 6.51. The van der Waals surface area contributed by atoms with E-state index in [0.717, 1.165) is 6.26 Å². The minimum atomic E-state index is -3.23. The summed E-state index contributed by atoms with van der Waals surface area (Å²) in [4.78, 5) is 0. The Morgan fingerprint density at radius 1 is 1.38 bits per heavy atom. The van der Waals surface area contributed by atoms with E-state index in [1.165, 1.54) is 11.4 Å². The summed E-state index contributed by atoms with van der Waals surface area (Å²) in [5.74, 6) is 0. The Morgan fingerprint density at radius 2 is 2.00 bits per heavy atom. The molecule has 0 amide bonds. The summed E-state index contributed by atoms with van der Waals surface area (Å²) < 4.78 is 23.6. The van der Waals surface area contributed by atoms with Gasteiger partial charge in [0.1, 0.15) is 0 Å². The highest BCUT2D eigenvalue weighted by Gasteiger charge is 2.14. The van der Waals surface area contributed by atoms with Gasteiger partial charge >= 0.3 is 7.12 Å². The van der Waals surface area contributed by atoms with Crippen molar-refractivity contribution in [2.24, 2.45) is 0 Å². The minimum absolute atomic E-state index is 0.208. The monoisotopic (exact) mass is 243 g/mol. The molecule has 0 aliphatic heterocycles. The van der Waals surface area contributed by atoms with Crippen molar-refractivity contribution in [1.29, 1.82) is 0 Å². The lowest BCUT2D eigenvalue weighted by Gasteiger charge is -2.14. The van der Waals surface area contributed by atoms with Crippen LogP contribution in [0.4, 0.5) is 0 Å². The second kappa shape index (κ2) is 4.96. The molecule has 0 atom stereocenters. The first-order valence-corrected chi connectivity index (χ1v) is 6.52. The van der Waals surface area contributed by atoms with Gasteiger partial charge in [-0.15, -0.1) is 0 Å². The van der Waals surface area contributed by atoms with Crippen molar-refractivity contribution in [2.75, 3.05) is 13.3 Å². The molecular weight excluding hydrogens is 229 g/mol. The first-order valence-electron chi connectivity index (χ1n) is 4.67. The molecule has 0 saturated carbocycles. The van der Waals surface area contributed by atoms with Crippen LogP contribution >= 0.6 is 0 Å². The highest BCUT2D eigenvalue weighted by molar-refractivity contribution is 7.88. The van der Waals surface area contributed by atoms with Crippen molar-refractivity contribution in [2.45, 2.75) is 6.54 Å². The zero-order valence-corrected chi connectivity index (χ0v) is 9.98. The average Bonchev–Trinajstić information content (AvgIpc) is 2.16. The number of nitrogens with zero attached hydrogens (tertiary/aromatic N) is 1. The van der Waals surface area contributed by atoms with Crippen LogP contribution in [0.3, 0.4) is 0 Å². The highest BCUT2D eigenvalue weighted by Crippen LogP contribution is 2.04. The Balaban J connectivity index is 2.86. The molecule has 2 N–H and O–H groups in total. The quantitative estimate of drug-likeness (QED) is 0.648. The van der Waals surface area contributed by atoms with Crippen LogP contribution in [0, 0.1) is 0 Å². The lowest BCUT2D eigenvalue weighted by atomic mass is 9.80. The maximum absolute atomic E-state index is 11.2. The summed E-state index contributed by atoms with van der Waals surface area (Å²) in [7, 11) is -3.29. The first kappa shape index (κ1) is 13.2. The van der Waals surface area contributed by atoms with E-state index in [-0.39, 0.29) is 6.54 Å². The fraction of sp³-hybridized carbons (Fsp3) is 0.333. The maximum Gasteiger partial charge on any atom is 0.488 e. The number of benzene rings is 1. The molecule has 0 unspecified atom stereocenters. The number of hydrogen-bond acceptors (Lipinski definition) is 4. The van der Waals surface area contributed by atoms with Crippen LogP contribution < -0.4 is 5.46 Å². The molecule has 0 spiro atoms. The predicted molar refractivity (Wildman–Crippen MR) is 62.6 cm³/mol. The second-order valence-electron chi connectivity index (χ2n) is 3.64. The third-order valence-electron chi connectivity index (χ3n) is 2.22. The van der Waals surface area contributed by atoms with Crippen molar-refractivity contribution >= 4 is 22.6 Å². The van der Waals surface area contributed by atoms with Gasteiger partial charge in [-0.1, -0.05) is 24.3 Å². The molecule has 5 nitrogen and oxygen atoms in total. The van der Waals surface area contributed by atoms with Crippen LogP contribution in [0.15, 0.2) is 24.3 Å². The van der Waals surface area contributed by atoms with Gasteiger partial charge in [0.25, 0.3) is 0 Å². The van der Waals surface area contributed by atoms with Gasteiger partial charge in [-0.05, 0) is 11.0 Å². The molecule has 0 aromatic heterocycles. The Labute approximate surface area is 95.5 Å². The van der Waals surface area contributed by atoms with Crippen molar-refractivity contribution in [3.8, 4) is 0 Å². The third-order valence-corrected chi connectivity index (χ3v) is 3.48. The SMILES string of the molecule is CN(Cc1cccc(B(O)O)c1)S(C)(=O)=O. The first-order chi connectivity index (χ1) is 7.30. The second-order valence-corrected chi connectivity index (χ2v) is 5.73. The maximum atomic E-state index is 11.2. The number of hydrogen-bond donors (Lipinski definition) is 2. The van der Waals surface area contributed by atoms with Crippen LogP contribution in [0.5, 0.6) is 0 Å². The van der Waals surface area contributed by atoms with Gasteiger partial charge in [-0.25, -0.2) is 12.7 Å². The summed E-state index contributed by atoms with van der Waals surface area (Å²) in [6.45, 7) is 0.208. The van der Waals surface area contributed by atoms with Gasteiger partial charge in [-0.3, -0.25) is 0 Å². The van der Waals surface area contributed by atoms with Crippen molar-refractivity contribution in [3.05, 3.63) is 29.8 Å². The minimum Gasteiger partial charge on any atom is -0.423 e. The fourth-order valence-corrected chi connectivity index (χ4v) is 1.61. The van der Waals surface area contributed by atoms with Crippen molar-refractivity contribution < 1.29 is 18.5 Å². The molecule has 7 heteroatoms. The van der Waals surface area contributed by atoms with Crippen LogP contribution in [0.25, 0.3) is 0 Å². The predicted octanol–water partition coefficient (Wildman–Crippen LogP) is -1.24. The zero-order chi connectivity index (χ0) is 12.3. The van der Waals surface area contributed by atoms with Gasteiger partial charge in [0, 0.05) is 13.6 Å². The van der Waals surface area contributed by atoms with E-state index in [1.807, 2.05) is 0 Å². The van der Waals surface area contributed by atoms with E-state index >= 15 is 0 Å². The summed E-state index contributed by atoms with van der Waals surface area (Å²) in [5, 5.41) is 17.9. The van der Waals surface area contributed by atoms with Gasteiger partial charge in [0.15, 0.2) is 0 Å². The van der Waals surface area contributed by atoms with Crippen LogP contribution in [-0.2, 0) is 16.6 Å². The topological polar surface area (TPSA) is 77.8 Å². The number of sulfonamides is 1. The summed E-state index contributed by atoms with van der Waals surface area (Å²) in [6.07, 6.45) is 1.12. The molecule has 16 heavy (non-hydrogen) atoms. The smallest absolute Gasteiger partial charge is 0.423 e. The van der Waals surface area contributed by atoms with Gasteiger partial charge in [0.2, 0.25) is 10.0 Å². The molecule has 0 bridgehead atoms. The average molecular weight is 243 g/mol. The lowest BCUT2D eigenvalue weighted by molar-refractivity contribution is 0.425. The Bertz CT molecular complexity index is 460. The molecule has 0 fully saturated rings. The molecular formula is C9H14BNO4S. The Kier molecular flexibility index (Phi) is 4.09. The zero-order valence-electron chi connectivity index (χ0n) is 9.16. The summed E-state index contributed by atoms with van der Waals surface area (Å²) in [5.41, 5.74) is 1.05. The van der Waals surface area contributed by atoms with E-state index in [1.54, 1.807) is 24.3 Å². The van der Waals surface area contributed by atoms with Gasteiger partial charge < -0.3 is 10.0 Å². The van der Waals surface area contributed by atoms with E-state index in [0.29, 0.717) is 11.0 Å². The van der Waals surface area contributed by atoms with E-state index in [9.17, 15) is 8.42 Å². The molecule has 1 aromatic rings. The Hall–Kier alpha value is -0.885.